The van der Waals surface area contributed by atoms with Crippen LogP contribution >= 0.6 is 0 Å². The molecule has 0 radical (unpaired) electrons. The maximum Gasteiger partial charge on any atom is 0.335 e. The lowest BCUT2D eigenvalue weighted by Gasteiger charge is -2.27. The van der Waals surface area contributed by atoms with E-state index in [2.05, 4.69) is 9.83 Å². The summed E-state index contributed by atoms with van der Waals surface area (Å²) in [6.45, 7) is 8.73. The highest BCUT2D eigenvalue weighted by Crippen LogP contribution is 2.31. The molecule has 0 saturated carbocycles. The zero-order chi connectivity index (χ0) is 30.2. The van der Waals surface area contributed by atoms with Gasteiger partial charge in [-0.25, -0.2) is 24.0 Å². The number of fused-ring (bicyclic) bond motifs is 2. The van der Waals surface area contributed by atoms with Gasteiger partial charge < -0.3 is 23.6 Å². The van der Waals surface area contributed by atoms with Crippen molar-refractivity contribution in [1.29, 1.82) is 0 Å². The van der Waals surface area contributed by atoms with Crippen molar-refractivity contribution in [3.63, 3.8) is 0 Å². The van der Waals surface area contributed by atoms with E-state index < -0.39 is 11.8 Å². The third-order valence-corrected chi connectivity index (χ3v) is 7.85. The molecule has 1 atom stereocenters. The summed E-state index contributed by atoms with van der Waals surface area (Å²) in [6.07, 6.45) is 2.68. The van der Waals surface area contributed by atoms with Crippen LogP contribution in [0.1, 0.15) is 33.7 Å². The zero-order valence-corrected chi connectivity index (χ0v) is 23.4. The number of hydrogen-bond donors (Lipinski definition) is 1. The summed E-state index contributed by atoms with van der Waals surface area (Å²) in [5.41, 5.74) is 5.00. The SMILES string of the molecule is [C-]#[N+]c1ccc(COc2cccc(-c3ccc(Cc4nc5ccc(C(=O)O)cc5n4C[C@@H]4CCO4)c(F)c3)n2)c2occc12. The topological polar surface area (TPSA) is 104 Å². The van der Waals surface area contributed by atoms with Crippen molar-refractivity contribution in [3.8, 4) is 17.1 Å². The lowest BCUT2D eigenvalue weighted by molar-refractivity contribution is -0.0589. The summed E-state index contributed by atoms with van der Waals surface area (Å²) in [5, 5.41) is 10.2. The first kappa shape index (κ1) is 27.3. The van der Waals surface area contributed by atoms with Gasteiger partial charge in [-0.2, -0.15) is 0 Å². The number of aromatic nitrogens is 3. The monoisotopic (exact) mass is 588 g/mol. The summed E-state index contributed by atoms with van der Waals surface area (Å²) < 4.78 is 34.6. The van der Waals surface area contributed by atoms with Crippen molar-refractivity contribution in [2.75, 3.05) is 6.61 Å². The number of carboxylic acids is 1. The number of aromatic carboxylic acids is 1. The molecule has 0 unspecified atom stereocenters. The minimum absolute atomic E-state index is 0.00986. The van der Waals surface area contributed by atoms with Gasteiger partial charge in [0, 0.05) is 35.6 Å². The third kappa shape index (κ3) is 5.14. The van der Waals surface area contributed by atoms with Gasteiger partial charge in [0.05, 0.1) is 47.8 Å². The Kier molecular flexibility index (Phi) is 7.00. The van der Waals surface area contributed by atoms with Crippen LogP contribution < -0.4 is 4.74 Å². The maximum absolute atomic E-state index is 15.5. The molecule has 0 aliphatic carbocycles. The maximum atomic E-state index is 15.5. The van der Waals surface area contributed by atoms with Crippen LogP contribution in [0.2, 0.25) is 0 Å². The minimum Gasteiger partial charge on any atom is -0.478 e. The van der Waals surface area contributed by atoms with Crippen molar-refractivity contribution >= 4 is 33.7 Å². The fourth-order valence-electron chi connectivity index (χ4n) is 5.42. The molecular formula is C34H25FN4O5. The van der Waals surface area contributed by atoms with Crippen molar-refractivity contribution < 1.29 is 28.2 Å². The number of furan rings is 1. The summed E-state index contributed by atoms with van der Waals surface area (Å²) in [4.78, 5) is 24.4. The quantitative estimate of drug-likeness (QED) is 0.178. The van der Waals surface area contributed by atoms with E-state index in [0.717, 1.165) is 17.4 Å². The Morgan fingerprint density at radius 1 is 1.09 bits per heavy atom. The van der Waals surface area contributed by atoms with E-state index in [1.165, 1.54) is 12.1 Å². The van der Waals surface area contributed by atoms with Gasteiger partial charge >= 0.3 is 5.97 Å². The predicted octanol–water partition coefficient (Wildman–Crippen LogP) is 7.19. The van der Waals surface area contributed by atoms with Gasteiger partial charge in [-0.1, -0.05) is 30.3 Å². The standard InChI is InChI=1S/C34H25FN4O5/c1-36-28-9-8-23(33-25(28)12-14-43-33)19-44-32-4-2-3-27(38-32)21-6-5-20(26(35)15-21)17-31-37-29-10-7-22(34(40)41)16-30(29)39(31)18-24-11-13-42-24/h2-10,12,14-16,24H,11,13,17-19H2,(H,40,41)/t24-/m0/s1. The second kappa shape index (κ2) is 11.3. The smallest absolute Gasteiger partial charge is 0.335 e. The third-order valence-electron chi connectivity index (χ3n) is 7.85. The zero-order valence-electron chi connectivity index (χ0n) is 23.4. The number of carboxylic acid groups (broad SMARTS) is 1. The first-order chi connectivity index (χ1) is 21.5. The highest BCUT2D eigenvalue weighted by Gasteiger charge is 2.23. The number of pyridine rings is 1. The van der Waals surface area contributed by atoms with Crippen molar-refractivity contribution in [2.45, 2.75) is 32.1 Å². The number of rotatable bonds is 9. The van der Waals surface area contributed by atoms with E-state index in [1.807, 2.05) is 10.6 Å². The Labute approximate surface area is 250 Å². The van der Waals surface area contributed by atoms with Crippen LogP contribution in [-0.2, 0) is 24.3 Å². The largest absolute Gasteiger partial charge is 0.478 e. The Morgan fingerprint density at radius 2 is 1.95 bits per heavy atom. The molecule has 218 valence electrons. The number of ether oxygens (including phenoxy) is 2. The van der Waals surface area contributed by atoms with Crippen molar-refractivity contribution in [1.82, 2.24) is 14.5 Å². The van der Waals surface area contributed by atoms with Gasteiger partial charge in [0.2, 0.25) is 5.88 Å². The van der Waals surface area contributed by atoms with E-state index in [0.29, 0.717) is 64.0 Å². The Hall–Kier alpha value is -5.53. The van der Waals surface area contributed by atoms with E-state index in [4.69, 9.17) is 25.4 Å². The number of imidazole rings is 1. The van der Waals surface area contributed by atoms with Gasteiger partial charge in [0.15, 0.2) is 5.69 Å². The van der Waals surface area contributed by atoms with Crippen LogP contribution in [0.25, 0.3) is 38.1 Å². The molecule has 3 aromatic carbocycles. The molecule has 44 heavy (non-hydrogen) atoms. The van der Waals surface area contributed by atoms with E-state index in [-0.39, 0.29) is 24.7 Å². The highest BCUT2D eigenvalue weighted by molar-refractivity contribution is 5.93. The molecule has 6 aromatic rings. The highest BCUT2D eigenvalue weighted by atomic mass is 19.1. The first-order valence-corrected chi connectivity index (χ1v) is 14.1. The number of hydrogen-bond acceptors (Lipinski definition) is 6. The summed E-state index contributed by atoms with van der Waals surface area (Å²) >= 11 is 0. The van der Waals surface area contributed by atoms with Gasteiger partial charge in [0.25, 0.3) is 0 Å². The molecule has 3 aromatic heterocycles. The molecule has 7 rings (SSSR count). The predicted molar refractivity (Wildman–Crippen MR) is 160 cm³/mol. The molecule has 0 bridgehead atoms. The fourth-order valence-corrected chi connectivity index (χ4v) is 5.42. The molecule has 1 aliphatic rings. The lowest BCUT2D eigenvalue weighted by Crippen LogP contribution is -2.31. The summed E-state index contributed by atoms with van der Waals surface area (Å²) in [5.74, 6) is -0.418. The Balaban J connectivity index is 1.12. The summed E-state index contributed by atoms with van der Waals surface area (Å²) in [7, 11) is 0. The normalized spacial score (nSPS) is 14.4. The van der Waals surface area contributed by atoms with Gasteiger partial charge in [-0.15, -0.1) is 0 Å². The van der Waals surface area contributed by atoms with Crippen LogP contribution in [0.3, 0.4) is 0 Å². The van der Waals surface area contributed by atoms with Gasteiger partial charge in [0.1, 0.15) is 23.8 Å². The van der Waals surface area contributed by atoms with E-state index in [9.17, 15) is 9.90 Å². The van der Waals surface area contributed by atoms with E-state index >= 15 is 4.39 Å². The minimum atomic E-state index is -1.02. The number of carbonyl (C=O) groups is 1. The fraction of sp³-hybridized carbons (Fsp3) is 0.176. The van der Waals surface area contributed by atoms with Crippen LogP contribution in [0.4, 0.5) is 10.1 Å². The average molecular weight is 589 g/mol. The van der Waals surface area contributed by atoms with Crippen molar-refractivity contribution in [2.24, 2.45) is 0 Å². The molecule has 1 fully saturated rings. The molecular weight excluding hydrogens is 563 g/mol. The van der Waals surface area contributed by atoms with Crippen LogP contribution in [0.15, 0.2) is 83.5 Å². The van der Waals surface area contributed by atoms with Gasteiger partial charge in [-0.3, -0.25) is 0 Å². The molecule has 0 amide bonds. The Morgan fingerprint density at radius 3 is 2.73 bits per heavy atom. The number of benzene rings is 3. The van der Waals surface area contributed by atoms with E-state index in [1.54, 1.807) is 60.9 Å². The molecule has 1 aliphatic heterocycles. The lowest BCUT2D eigenvalue weighted by atomic mass is 10.1. The average Bonchev–Trinajstić information content (AvgIpc) is 3.64. The number of nitrogens with zero attached hydrogens (tertiary/aromatic N) is 4. The molecule has 9 nitrogen and oxygen atoms in total. The first-order valence-electron chi connectivity index (χ1n) is 14.1. The molecule has 10 heteroatoms. The second-order valence-corrected chi connectivity index (χ2v) is 10.6. The second-order valence-electron chi connectivity index (χ2n) is 10.6. The Bertz CT molecular complexity index is 2090. The molecule has 1 N–H and O–H groups in total. The number of halogens is 1. The molecule has 1 saturated heterocycles. The van der Waals surface area contributed by atoms with Crippen LogP contribution in [-0.4, -0.2) is 38.3 Å². The molecule has 0 spiro atoms. The van der Waals surface area contributed by atoms with Crippen LogP contribution in [0.5, 0.6) is 5.88 Å². The van der Waals surface area contributed by atoms with Crippen molar-refractivity contribution in [3.05, 3.63) is 119 Å². The summed E-state index contributed by atoms with van der Waals surface area (Å²) in [6, 6.07) is 20.4. The van der Waals surface area contributed by atoms with Crippen LogP contribution in [0, 0.1) is 12.4 Å². The van der Waals surface area contributed by atoms with Gasteiger partial charge in [-0.05, 0) is 48.4 Å². The molecule has 4 heterocycles.